The monoisotopic (exact) mass is 538 g/mol. The number of carbonyl (C=O) groups is 2. The first-order chi connectivity index (χ1) is 18.4. The Balaban J connectivity index is 1.53. The molecule has 0 radical (unpaired) electrons. The van der Waals surface area contributed by atoms with Crippen LogP contribution in [0.4, 0.5) is 0 Å². The van der Waals surface area contributed by atoms with Crippen LogP contribution in [0.2, 0.25) is 5.02 Å². The second-order valence-electron chi connectivity index (χ2n) is 9.70. The lowest BCUT2D eigenvalue weighted by atomic mass is 9.84. The molecule has 8 nitrogen and oxygen atoms in total. The number of aromatic nitrogens is 1. The maximum Gasteiger partial charge on any atom is 0.308 e. The number of methoxy groups -OCH3 is 2. The van der Waals surface area contributed by atoms with E-state index in [-0.39, 0.29) is 12.3 Å². The minimum atomic E-state index is -0.868. The van der Waals surface area contributed by atoms with Gasteiger partial charge in [-0.05, 0) is 49.2 Å². The molecule has 0 bridgehead atoms. The summed E-state index contributed by atoms with van der Waals surface area (Å²) in [5.74, 6) is -0.597. The SMILES string of the molecule is COc1cccc([C@H]2O[C@H](CC(=O)N[C@@H]3CCCC[C@@H]3C(=O)O)c3cccn3-c3ccc(Cl)cc32)c1OC. The van der Waals surface area contributed by atoms with Gasteiger partial charge >= 0.3 is 5.97 Å². The fraction of sp³-hybridized carbons (Fsp3) is 0.379. The van der Waals surface area contributed by atoms with E-state index in [2.05, 4.69) is 5.32 Å². The number of carboxylic acids is 1. The van der Waals surface area contributed by atoms with Gasteiger partial charge in [-0.15, -0.1) is 0 Å². The molecule has 1 fully saturated rings. The molecule has 2 aliphatic rings. The van der Waals surface area contributed by atoms with E-state index in [1.807, 2.05) is 59.3 Å². The predicted octanol–water partition coefficient (Wildman–Crippen LogP) is 5.46. The van der Waals surface area contributed by atoms with E-state index in [4.69, 9.17) is 25.8 Å². The smallest absolute Gasteiger partial charge is 0.308 e. The molecule has 2 heterocycles. The van der Waals surface area contributed by atoms with Crippen molar-refractivity contribution in [1.82, 2.24) is 9.88 Å². The summed E-state index contributed by atoms with van der Waals surface area (Å²) in [6.07, 6.45) is 3.69. The summed E-state index contributed by atoms with van der Waals surface area (Å²) < 4.78 is 20.0. The highest BCUT2D eigenvalue weighted by atomic mass is 35.5. The van der Waals surface area contributed by atoms with Gasteiger partial charge in [0, 0.05) is 28.4 Å². The Hall–Kier alpha value is -3.49. The van der Waals surface area contributed by atoms with Crippen molar-refractivity contribution < 1.29 is 28.9 Å². The van der Waals surface area contributed by atoms with Crippen molar-refractivity contribution in [3.05, 3.63) is 76.6 Å². The van der Waals surface area contributed by atoms with E-state index in [1.165, 1.54) is 0 Å². The Morgan fingerprint density at radius 3 is 2.66 bits per heavy atom. The summed E-state index contributed by atoms with van der Waals surface area (Å²) in [7, 11) is 3.16. The number of nitrogens with one attached hydrogen (secondary N) is 1. The van der Waals surface area contributed by atoms with Crippen molar-refractivity contribution in [3.8, 4) is 17.2 Å². The highest BCUT2D eigenvalue weighted by Crippen LogP contribution is 2.46. The lowest BCUT2D eigenvalue weighted by Crippen LogP contribution is -2.45. The average Bonchev–Trinajstić information content (AvgIpc) is 3.36. The van der Waals surface area contributed by atoms with Crippen LogP contribution < -0.4 is 14.8 Å². The molecule has 200 valence electrons. The molecule has 1 saturated carbocycles. The van der Waals surface area contributed by atoms with Crippen LogP contribution >= 0.6 is 11.6 Å². The molecular formula is C29H31ClN2O6. The number of halogens is 1. The van der Waals surface area contributed by atoms with Crippen LogP contribution in [0.1, 0.15) is 61.1 Å². The Morgan fingerprint density at radius 1 is 1.08 bits per heavy atom. The van der Waals surface area contributed by atoms with Gasteiger partial charge < -0.3 is 29.2 Å². The van der Waals surface area contributed by atoms with Gasteiger partial charge in [0.05, 0.1) is 37.9 Å². The number of hydrogen-bond acceptors (Lipinski definition) is 5. The molecule has 2 aromatic carbocycles. The van der Waals surface area contributed by atoms with E-state index >= 15 is 0 Å². The maximum absolute atomic E-state index is 13.3. The average molecular weight is 539 g/mol. The third kappa shape index (κ3) is 4.98. The Kier molecular flexibility index (Phi) is 7.63. The first-order valence-corrected chi connectivity index (χ1v) is 13.1. The number of rotatable bonds is 7. The van der Waals surface area contributed by atoms with Gasteiger partial charge in [-0.25, -0.2) is 0 Å². The first-order valence-electron chi connectivity index (χ1n) is 12.8. The fourth-order valence-electron chi connectivity index (χ4n) is 5.68. The molecule has 1 aliphatic carbocycles. The summed E-state index contributed by atoms with van der Waals surface area (Å²) in [6, 6.07) is 14.7. The molecule has 2 N–H and O–H groups in total. The standard InChI is InChI=1S/C29H31ClN2O6/c1-36-24-11-5-8-19(28(24)37-2)27-20-15-17(30)12-13-22(20)32-14-6-10-23(32)25(38-27)16-26(33)31-21-9-4-3-7-18(21)29(34)35/h5-6,8,10-15,18,21,25,27H,3-4,7,9,16H2,1-2H3,(H,31,33)(H,34,35)/t18-,21+,25+,27+/m0/s1. The van der Waals surface area contributed by atoms with Gasteiger partial charge in [-0.1, -0.05) is 36.6 Å². The second kappa shape index (κ2) is 11.1. The van der Waals surface area contributed by atoms with E-state index < -0.39 is 30.1 Å². The molecule has 5 rings (SSSR count). The largest absolute Gasteiger partial charge is 0.493 e. The van der Waals surface area contributed by atoms with Gasteiger partial charge in [0.2, 0.25) is 5.91 Å². The van der Waals surface area contributed by atoms with Gasteiger partial charge in [0.25, 0.3) is 0 Å². The zero-order chi connectivity index (χ0) is 26.8. The molecule has 0 spiro atoms. The summed E-state index contributed by atoms with van der Waals surface area (Å²) in [6.45, 7) is 0. The maximum atomic E-state index is 13.3. The third-order valence-electron chi connectivity index (χ3n) is 7.46. The van der Waals surface area contributed by atoms with Crippen LogP contribution in [-0.4, -0.2) is 41.8 Å². The highest BCUT2D eigenvalue weighted by Gasteiger charge is 2.36. The number of carboxylic acid groups (broad SMARTS) is 1. The lowest BCUT2D eigenvalue weighted by Gasteiger charge is -2.30. The van der Waals surface area contributed by atoms with E-state index in [1.54, 1.807) is 14.2 Å². The zero-order valence-corrected chi connectivity index (χ0v) is 22.1. The van der Waals surface area contributed by atoms with Crippen LogP contribution in [0.15, 0.2) is 54.7 Å². The molecule has 1 aromatic heterocycles. The minimum Gasteiger partial charge on any atom is -0.493 e. The Morgan fingerprint density at radius 2 is 1.89 bits per heavy atom. The summed E-state index contributed by atoms with van der Waals surface area (Å²) in [4.78, 5) is 25.1. The van der Waals surface area contributed by atoms with Crippen molar-refractivity contribution in [3.63, 3.8) is 0 Å². The van der Waals surface area contributed by atoms with Gasteiger partial charge in [-0.3, -0.25) is 9.59 Å². The number of nitrogens with zero attached hydrogens (tertiary/aromatic N) is 1. The summed E-state index contributed by atoms with van der Waals surface area (Å²) in [5.41, 5.74) is 3.25. The molecule has 4 atom stereocenters. The Bertz CT molecular complexity index is 1340. The molecule has 0 unspecified atom stereocenters. The van der Waals surface area contributed by atoms with Crippen molar-refractivity contribution in [1.29, 1.82) is 0 Å². The normalized spacial score (nSPS) is 22.5. The van der Waals surface area contributed by atoms with Crippen molar-refractivity contribution in [2.75, 3.05) is 14.2 Å². The van der Waals surface area contributed by atoms with Crippen LogP contribution in [0.3, 0.4) is 0 Å². The van der Waals surface area contributed by atoms with Crippen molar-refractivity contribution >= 4 is 23.5 Å². The minimum absolute atomic E-state index is 0.0252. The van der Waals surface area contributed by atoms with E-state index in [0.29, 0.717) is 29.4 Å². The topological polar surface area (TPSA) is 99.0 Å². The number of hydrogen-bond donors (Lipinski definition) is 2. The Labute approximate surface area is 226 Å². The number of fused-ring (bicyclic) bond motifs is 3. The van der Waals surface area contributed by atoms with Crippen LogP contribution in [-0.2, 0) is 14.3 Å². The number of benzene rings is 2. The van der Waals surface area contributed by atoms with Crippen molar-refractivity contribution in [2.45, 2.75) is 50.4 Å². The first kappa shape index (κ1) is 26.1. The summed E-state index contributed by atoms with van der Waals surface area (Å²) >= 11 is 6.45. The highest BCUT2D eigenvalue weighted by molar-refractivity contribution is 6.30. The van der Waals surface area contributed by atoms with Crippen LogP contribution in [0.25, 0.3) is 5.69 Å². The second-order valence-corrected chi connectivity index (χ2v) is 10.1. The summed E-state index contributed by atoms with van der Waals surface area (Å²) in [5, 5.41) is 13.2. The lowest BCUT2D eigenvalue weighted by molar-refractivity contribution is -0.144. The van der Waals surface area contributed by atoms with Gasteiger partial charge in [0.15, 0.2) is 11.5 Å². The molecule has 38 heavy (non-hydrogen) atoms. The number of amides is 1. The number of para-hydroxylation sites is 1. The molecule has 9 heteroatoms. The number of carbonyl (C=O) groups excluding carboxylic acids is 1. The molecule has 3 aromatic rings. The van der Waals surface area contributed by atoms with E-state index in [0.717, 1.165) is 35.3 Å². The third-order valence-corrected chi connectivity index (χ3v) is 7.69. The molecule has 0 saturated heterocycles. The van der Waals surface area contributed by atoms with Gasteiger partial charge in [0.1, 0.15) is 12.2 Å². The zero-order valence-electron chi connectivity index (χ0n) is 21.4. The molecular weight excluding hydrogens is 508 g/mol. The van der Waals surface area contributed by atoms with Crippen LogP contribution in [0.5, 0.6) is 11.5 Å². The molecule has 1 amide bonds. The molecule has 1 aliphatic heterocycles. The number of aliphatic carboxylic acids is 1. The quantitative estimate of drug-likeness (QED) is 0.414. The van der Waals surface area contributed by atoms with Crippen LogP contribution in [0, 0.1) is 5.92 Å². The predicted molar refractivity (Wildman–Crippen MR) is 142 cm³/mol. The number of ether oxygens (including phenoxy) is 3. The van der Waals surface area contributed by atoms with Gasteiger partial charge in [-0.2, -0.15) is 0 Å². The van der Waals surface area contributed by atoms with Crippen molar-refractivity contribution in [2.24, 2.45) is 5.92 Å². The van der Waals surface area contributed by atoms with E-state index in [9.17, 15) is 14.7 Å². The fourth-order valence-corrected chi connectivity index (χ4v) is 5.86.